The van der Waals surface area contributed by atoms with E-state index in [1.54, 1.807) is 24.3 Å². The molecular weight excluding hydrogens is 515 g/mol. The van der Waals surface area contributed by atoms with Crippen molar-refractivity contribution >= 4 is 23.2 Å². The fourth-order valence-corrected chi connectivity index (χ4v) is 2.76. The third kappa shape index (κ3) is 10.9. The number of carbonyl (C=O) groups is 2. The van der Waals surface area contributed by atoms with Crippen LogP contribution >= 0.6 is 0 Å². The van der Waals surface area contributed by atoms with Gasteiger partial charge < -0.3 is 45.0 Å². The quantitative estimate of drug-likeness (QED) is 0.371. The van der Waals surface area contributed by atoms with Gasteiger partial charge in [0.05, 0.1) is 11.8 Å². The predicted molar refractivity (Wildman–Crippen MR) is 130 cm³/mol. The van der Waals surface area contributed by atoms with Crippen LogP contribution in [0.15, 0.2) is 109 Å². The zero-order valence-corrected chi connectivity index (χ0v) is 22.4. The van der Waals surface area contributed by atoms with Crippen LogP contribution in [0.5, 0.6) is 0 Å². The Labute approximate surface area is 234 Å². The van der Waals surface area contributed by atoms with Gasteiger partial charge in [-0.05, 0) is 25.0 Å². The van der Waals surface area contributed by atoms with E-state index in [2.05, 4.69) is 10.6 Å². The Morgan fingerprint density at radius 2 is 0.771 bits per heavy atom. The zero-order valence-electron chi connectivity index (χ0n) is 19.4. The molecule has 4 aromatic rings. The Morgan fingerprint density at radius 1 is 0.486 bits per heavy atom. The number of rotatable bonds is 4. The van der Waals surface area contributed by atoms with Crippen molar-refractivity contribution in [2.75, 3.05) is 0 Å². The molecule has 4 nitrogen and oxygen atoms in total. The van der Waals surface area contributed by atoms with Gasteiger partial charge in [0.15, 0.2) is 0 Å². The minimum Gasteiger partial charge on any atom is -1.00 e. The van der Waals surface area contributed by atoms with Gasteiger partial charge in [-0.25, -0.2) is 0 Å². The van der Waals surface area contributed by atoms with Gasteiger partial charge in [0.1, 0.15) is 0 Å². The van der Waals surface area contributed by atoms with Crippen molar-refractivity contribution in [2.24, 2.45) is 0 Å². The molecule has 0 unspecified atom stereocenters. The van der Waals surface area contributed by atoms with Crippen LogP contribution in [0.25, 0.3) is 10.6 Å². The monoisotopic (exact) mass is 538 g/mol. The normalized spacial score (nSPS) is 8.97. The van der Waals surface area contributed by atoms with E-state index in [-0.39, 0.29) is 58.3 Å². The number of amides is 2. The number of hydrogen-bond donors (Lipinski definition) is 0. The third-order valence-electron chi connectivity index (χ3n) is 4.57. The average molecular weight is 539 g/mol. The molecule has 0 heterocycles. The zero-order chi connectivity index (χ0) is 22.8. The van der Waals surface area contributed by atoms with Crippen molar-refractivity contribution in [1.82, 2.24) is 0 Å². The summed E-state index contributed by atoms with van der Waals surface area (Å²) in [4.78, 5) is 23.5. The molecule has 0 aliphatic heterocycles. The van der Waals surface area contributed by atoms with Gasteiger partial charge in [-0.3, -0.25) is 0 Å². The Bertz CT molecular complexity index is 1060. The average Bonchev–Trinajstić information content (AvgIpc) is 2.82. The molecule has 4 rings (SSSR count). The molecule has 4 aromatic carbocycles. The van der Waals surface area contributed by atoms with E-state index < -0.39 is 0 Å². The summed E-state index contributed by atoms with van der Waals surface area (Å²) < 4.78 is 0. The molecule has 0 atom stereocenters. The molecule has 0 spiro atoms. The summed E-state index contributed by atoms with van der Waals surface area (Å²) in [6.45, 7) is 3.98. The van der Waals surface area contributed by atoms with E-state index in [1.807, 2.05) is 98.8 Å². The van der Waals surface area contributed by atoms with Gasteiger partial charge in [-0.1, -0.05) is 120 Å². The first kappa shape index (κ1) is 32.1. The minimum atomic E-state index is -0.203. The molecule has 0 saturated carbocycles. The summed E-state index contributed by atoms with van der Waals surface area (Å²) in [5.41, 5.74) is 4.89. The Morgan fingerprint density at radius 3 is 1.06 bits per heavy atom. The summed E-state index contributed by atoms with van der Waals surface area (Å²) in [6, 6.07) is 33.3. The number of aryl methyl sites for hydroxylation is 2. The number of carbonyl (C=O) groups excluding carboxylic acids is 2. The second kappa shape index (κ2) is 16.7. The standard InChI is InChI=1S/2C14H13NO.2ClH.Ti/c2*1-11-7-9-12(10-8-11)14(16)15-13-5-3-2-4-6-13;;;/h2*2-10H,1H3,(H,15,16);2*1H;/q;;;;+4/p-4. The van der Waals surface area contributed by atoms with Gasteiger partial charge in [0, 0.05) is 0 Å². The van der Waals surface area contributed by atoms with E-state index in [0.717, 1.165) is 11.1 Å². The van der Waals surface area contributed by atoms with Crippen molar-refractivity contribution in [3.63, 3.8) is 0 Å². The second-order valence-corrected chi connectivity index (χ2v) is 7.24. The van der Waals surface area contributed by atoms with E-state index >= 15 is 0 Å². The number of hydrogen-bond acceptors (Lipinski definition) is 2. The van der Waals surface area contributed by atoms with Crippen LogP contribution in [-0.4, -0.2) is 11.8 Å². The molecule has 7 heteroatoms. The number of halogens is 2. The smallest absolute Gasteiger partial charge is 1.00 e. The van der Waals surface area contributed by atoms with E-state index in [4.69, 9.17) is 0 Å². The summed E-state index contributed by atoms with van der Waals surface area (Å²) in [7, 11) is 0. The maximum Gasteiger partial charge on any atom is 4.00 e. The van der Waals surface area contributed by atoms with Gasteiger partial charge in [-0.15, -0.1) is 11.4 Å². The maximum atomic E-state index is 11.8. The summed E-state index contributed by atoms with van der Waals surface area (Å²) >= 11 is 0. The molecule has 0 aromatic heterocycles. The molecule has 0 radical (unpaired) electrons. The Hall–Kier alpha value is -2.89. The molecule has 0 aliphatic rings. The van der Waals surface area contributed by atoms with E-state index in [0.29, 0.717) is 22.5 Å². The molecule has 0 saturated heterocycles. The molecule has 0 aliphatic carbocycles. The van der Waals surface area contributed by atoms with Crippen LogP contribution in [0.4, 0.5) is 11.4 Å². The van der Waals surface area contributed by atoms with Crippen LogP contribution in [0.2, 0.25) is 0 Å². The van der Waals surface area contributed by atoms with Gasteiger partial charge in [0.2, 0.25) is 0 Å². The predicted octanol–water partition coefficient (Wildman–Crippen LogP) is 1.69. The number of benzene rings is 4. The summed E-state index contributed by atoms with van der Waals surface area (Å²) in [5.74, 6) is -0.405. The number of nitrogens with zero attached hydrogens (tertiary/aromatic N) is 2. The molecule has 0 N–H and O–H groups in total. The Kier molecular flexibility index (Phi) is 15.3. The fourth-order valence-electron chi connectivity index (χ4n) is 2.76. The molecule has 0 bridgehead atoms. The van der Waals surface area contributed by atoms with Crippen LogP contribution in [0.1, 0.15) is 31.8 Å². The van der Waals surface area contributed by atoms with E-state index in [9.17, 15) is 9.59 Å². The molecule has 35 heavy (non-hydrogen) atoms. The summed E-state index contributed by atoms with van der Waals surface area (Å²) in [5, 5.41) is 8.04. The van der Waals surface area contributed by atoms with Crippen molar-refractivity contribution in [2.45, 2.75) is 13.8 Å². The van der Waals surface area contributed by atoms with Crippen molar-refractivity contribution in [3.05, 3.63) is 142 Å². The third-order valence-corrected chi connectivity index (χ3v) is 4.57. The Balaban J connectivity index is 0.000000608. The molecule has 2 amide bonds. The van der Waals surface area contributed by atoms with Crippen molar-refractivity contribution in [1.29, 1.82) is 0 Å². The molecule has 176 valence electrons. The van der Waals surface area contributed by atoms with Crippen LogP contribution in [0, 0.1) is 13.8 Å². The van der Waals surface area contributed by atoms with Crippen molar-refractivity contribution < 1.29 is 56.1 Å². The summed E-state index contributed by atoms with van der Waals surface area (Å²) in [6.07, 6.45) is 0. The topological polar surface area (TPSA) is 62.3 Å². The van der Waals surface area contributed by atoms with Crippen LogP contribution in [0.3, 0.4) is 0 Å². The van der Waals surface area contributed by atoms with Crippen LogP contribution < -0.4 is 24.8 Å². The maximum absolute atomic E-state index is 11.8. The second-order valence-electron chi connectivity index (χ2n) is 7.24. The first-order valence-corrected chi connectivity index (χ1v) is 10.3. The van der Waals surface area contributed by atoms with Gasteiger partial charge in [-0.2, -0.15) is 0 Å². The SMILES string of the molecule is Cc1ccc(C(=O)[N-]c2ccccc2)cc1.Cc1ccc(C(=O)[N-]c2ccccc2)cc1.[Cl-].[Cl-].[Ti+4]. The minimum absolute atomic E-state index is 0. The fraction of sp³-hybridized carbons (Fsp3) is 0.0714. The van der Waals surface area contributed by atoms with Crippen LogP contribution in [-0.2, 0) is 21.7 Å². The first-order chi connectivity index (χ1) is 15.5. The largest absolute Gasteiger partial charge is 4.00 e. The number of para-hydroxylation sites is 2. The molecule has 0 fully saturated rings. The van der Waals surface area contributed by atoms with Gasteiger partial charge in [0.25, 0.3) is 0 Å². The van der Waals surface area contributed by atoms with E-state index in [1.165, 1.54) is 0 Å². The van der Waals surface area contributed by atoms with Gasteiger partial charge >= 0.3 is 21.7 Å². The first-order valence-electron chi connectivity index (χ1n) is 10.3. The van der Waals surface area contributed by atoms with Crippen molar-refractivity contribution in [3.8, 4) is 0 Å². The molecular formula is C28H24Cl2N2O2Ti.